The van der Waals surface area contributed by atoms with E-state index in [1.807, 2.05) is 0 Å². The monoisotopic (exact) mass is 490 g/mol. The van der Waals surface area contributed by atoms with Crippen molar-refractivity contribution in [2.75, 3.05) is 18.1 Å². The molecule has 0 spiro atoms. The molecule has 0 N–H and O–H groups in total. The zero-order valence-electron chi connectivity index (χ0n) is 18.5. The van der Waals surface area contributed by atoms with Crippen LogP contribution >= 0.6 is 11.6 Å². The van der Waals surface area contributed by atoms with E-state index in [2.05, 4.69) is 0 Å². The molecule has 0 aliphatic heterocycles. The maximum Gasteiger partial charge on any atom is 0.513 e. The number of nitrogens with zero attached hydrogens (tertiary/aromatic N) is 2. The minimum absolute atomic E-state index is 0.0316. The quantitative estimate of drug-likeness (QED) is 0.478. The van der Waals surface area contributed by atoms with Crippen molar-refractivity contribution < 1.29 is 33.0 Å². The first-order valence-corrected chi connectivity index (χ1v) is 10.5. The SMILES string of the molecule is CCOC(=O)Oc1c(C(=O)N(C(=O)OCC)c2ccc(F)cc2)c(=O)n(C)c2ccc(Cl)cc12. The van der Waals surface area contributed by atoms with Crippen molar-refractivity contribution >= 4 is 46.3 Å². The minimum Gasteiger partial charge on any atom is -0.449 e. The molecule has 0 unspecified atom stereocenters. The lowest BCUT2D eigenvalue weighted by atomic mass is 10.1. The second-order valence-corrected chi connectivity index (χ2v) is 7.27. The van der Waals surface area contributed by atoms with E-state index in [-0.39, 0.29) is 29.3 Å². The van der Waals surface area contributed by atoms with Gasteiger partial charge in [-0.05, 0) is 56.3 Å². The van der Waals surface area contributed by atoms with E-state index in [0.717, 1.165) is 16.7 Å². The number of fused-ring (bicyclic) bond motifs is 1. The molecule has 0 radical (unpaired) electrons. The largest absolute Gasteiger partial charge is 0.513 e. The van der Waals surface area contributed by atoms with Crippen molar-refractivity contribution in [1.82, 2.24) is 4.57 Å². The van der Waals surface area contributed by atoms with Crippen LogP contribution in [0.4, 0.5) is 19.7 Å². The van der Waals surface area contributed by atoms with Gasteiger partial charge in [-0.1, -0.05) is 11.6 Å². The van der Waals surface area contributed by atoms with E-state index in [9.17, 15) is 23.6 Å². The third kappa shape index (κ3) is 4.86. The Bertz CT molecular complexity index is 1320. The van der Waals surface area contributed by atoms with Crippen LogP contribution < -0.4 is 15.2 Å². The van der Waals surface area contributed by atoms with Crippen LogP contribution in [-0.4, -0.2) is 35.9 Å². The number of imide groups is 1. The Hall–Kier alpha value is -3.92. The predicted octanol–water partition coefficient (Wildman–Crippen LogP) is 4.67. The highest BCUT2D eigenvalue weighted by molar-refractivity contribution is 6.31. The highest BCUT2D eigenvalue weighted by Gasteiger charge is 2.33. The molecule has 11 heteroatoms. The molecule has 2 aromatic carbocycles. The average Bonchev–Trinajstić information content (AvgIpc) is 2.79. The van der Waals surface area contributed by atoms with Crippen molar-refractivity contribution in [2.45, 2.75) is 13.8 Å². The first-order chi connectivity index (χ1) is 16.2. The van der Waals surface area contributed by atoms with E-state index < -0.39 is 40.8 Å². The van der Waals surface area contributed by atoms with Crippen molar-refractivity contribution in [2.24, 2.45) is 7.05 Å². The Morgan fingerprint density at radius 3 is 2.29 bits per heavy atom. The van der Waals surface area contributed by atoms with E-state index >= 15 is 0 Å². The molecule has 0 bridgehead atoms. The van der Waals surface area contributed by atoms with Gasteiger partial charge in [0.1, 0.15) is 11.4 Å². The van der Waals surface area contributed by atoms with Crippen LogP contribution in [0, 0.1) is 5.82 Å². The molecule has 0 saturated heterocycles. The number of benzene rings is 2. The van der Waals surface area contributed by atoms with Crippen LogP contribution in [-0.2, 0) is 16.5 Å². The third-order valence-electron chi connectivity index (χ3n) is 4.71. The van der Waals surface area contributed by atoms with Crippen LogP contribution in [0.15, 0.2) is 47.3 Å². The van der Waals surface area contributed by atoms with Crippen molar-refractivity contribution in [3.63, 3.8) is 0 Å². The zero-order chi connectivity index (χ0) is 25.0. The first kappa shape index (κ1) is 24.7. The summed E-state index contributed by atoms with van der Waals surface area (Å²) in [6.07, 6.45) is -2.29. The maximum absolute atomic E-state index is 13.7. The van der Waals surface area contributed by atoms with E-state index in [0.29, 0.717) is 10.4 Å². The van der Waals surface area contributed by atoms with Gasteiger partial charge in [0.05, 0.1) is 24.4 Å². The van der Waals surface area contributed by atoms with Crippen molar-refractivity contribution in [1.29, 1.82) is 0 Å². The van der Waals surface area contributed by atoms with E-state index in [4.69, 9.17) is 25.8 Å². The summed E-state index contributed by atoms with van der Waals surface area (Å²) in [4.78, 5) is 52.4. The lowest BCUT2D eigenvalue weighted by molar-refractivity contribution is 0.0952. The number of aryl methyl sites for hydroxylation is 1. The number of carbonyl (C=O) groups excluding carboxylic acids is 3. The number of hydrogen-bond donors (Lipinski definition) is 0. The summed E-state index contributed by atoms with van der Waals surface area (Å²) in [6.45, 7) is 2.96. The van der Waals surface area contributed by atoms with Crippen LogP contribution in [0.1, 0.15) is 24.2 Å². The molecule has 9 nitrogen and oxygen atoms in total. The van der Waals surface area contributed by atoms with Gasteiger partial charge in [0.25, 0.3) is 11.5 Å². The number of aromatic nitrogens is 1. The van der Waals surface area contributed by atoms with Gasteiger partial charge in [-0.15, -0.1) is 0 Å². The maximum atomic E-state index is 13.7. The summed E-state index contributed by atoms with van der Waals surface area (Å²) < 4.78 is 29.7. The summed E-state index contributed by atoms with van der Waals surface area (Å²) in [5.41, 5.74) is -1.28. The standard InChI is InChI=1S/C23H20ClFN2O7/c1-4-32-22(30)27(15-9-7-14(25)8-10-15)21(29)18-19(34-23(31)33-5-2)16-12-13(24)6-11-17(16)26(3)20(18)28/h6-12H,4-5H2,1-3H3. The molecule has 3 aromatic rings. The van der Waals surface area contributed by atoms with Gasteiger partial charge in [-0.25, -0.2) is 18.9 Å². The number of rotatable bonds is 5. The summed E-state index contributed by atoms with van der Waals surface area (Å²) >= 11 is 6.11. The fourth-order valence-electron chi connectivity index (χ4n) is 3.21. The number of carbonyl (C=O) groups is 3. The molecular formula is C23H20ClFN2O7. The molecule has 2 amide bonds. The molecule has 0 atom stereocenters. The van der Waals surface area contributed by atoms with Gasteiger partial charge in [-0.3, -0.25) is 9.59 Å². The molecule has 3 rings (SSSR count). The molecule has 0 aliphatic rings. The number of pyridine rings is 1. The second-order valence-electron chi connectivity index (χ2n) is 6.83. The topological polar surface area (TPSA) is 104 Å². The normalized spacial score (nSPS) is 10.6. The van der Waals surface area contributed by atoms with Crippen LogP contribution in [0.2, 0.25) is 5.02 Å². The third-order valence-corrected chi connectivity index (χ3v) is 4.94. The number of halogens is 2. The highest BCUT2D eigenvalue weighted by atomic mass is 35.5. The number of hydrogen-bond acceptors (Lipinski definition) is 7. The molecule has 0 saturated carbocycles. The number of amides is 2. The van der Waals surface area contributed by atoms with Crippen molar-refractivity contribution in [3.05, 3.63) is 69.2 Å². The average molecular weight is 491 g/mol. The summed E-state index contributed by atoms with van der Waals surface area (Å²) in [7, 11) is 1.40. The Morgan fingerprint density at radius 1 is 1.03 bits per heavy atom. The minimum atomic E-state index is -1.17. The molecule has 1 aromatic heterocycles. The van der Waals surface area contributed by atoms with Crippen LogP contribution in [0.5, 0.6) is 5.75 Å². The van der Waals surface area contributed by atoms with Gasteiger partial charge < -0.3 is 18.8 Å². The second kappa shape index (κ2) is 10.3. The molecule has 34 heavy (non-hydrogen) atoms. The first-order valence-electron chi connectivity index (χ1n) is 10.1. The van der Waals surface area contributed by atoms with Gasteiger partial charge in [0.15, 0.2) is 5.75 Å². The van der Waals surface area contributed by atoms with Gasteiger partial charge in [-0.2, -0.15) is 0 Å². The van der Waals surface area contributed by atoms with Crippen LogP contribution in [0.3, 0.4) is 0 Å². The fraction of sp³-hybridized carbons (Fsp3) is 0.217. The molecular weight excluding hydrogens is 471 g/mol. The summed E-state index contributed by atoms with van der Waals surface area (Å²) in [5, 5.41) is 0.382. The smallest absolute Gasteiger partial charge is 0.449 e. The number of ether oxygens (including phenoxy) is 3. The lowest BCUT2D eigenvalue weighted by Gasteiger charge is -2.22. The Labute approximate surface area is 198 Å². The Kier molecular flexibility index (Phi) is 7.52. The Balaban J connectivity index is 2.32. The zero-order valence-corrected chi connectivity index (χ0v) is 19.2. The van der Waals surface area contributed by atoms with Gasteiger partial charge >= 0.3 is 12.2 Å². The van der Waals surface area contributed by atoms with Crippen LogP contribution in [0.25, 0.3) is 10.9 Å². The molecule has 178 valence electrons. The molecule has 0 aliphatic carbocycles. The molecule has 1 heterocycles. The van der Waals surface area contributed by atoms with Gasteiger partial charge in [0, 0.05) is 17.5 Å². The van der Waals surface area contributed by atoms with Crippen molar-refractivity contribution in [3.8, 4) is 5.75 Å². The van der Waals surface area contributed by atoms with E-state index in [1.54, 1.807) is 6.92 Å². The number of anilines is 1. The Morgan fingerprint density at radius 2 is 1.68 bits per heavy atom. The lowest BCUT2D eigenvalue weighted by Crippen LogP contribution is -2.41. The summed E-state index contributed by atoms with van der Waals surface area (Å²) in [5.74, 6) is -2.21. The summed E-state index contributed by atoms with van der Waals surface area (Å²) in [6, 6.07) is 8.81. The highest BCUT2D eigenvalue weighted by Crippen LogP contribution is 2.32. The fourth-order valence-corrected chi connectivity index (χ4v) is 3.38. The van der Waals surface area contributed by atoms with E-state index in [1.165, 1.54) is 44.3 Å². The molecule has 0 fully saturated rings. The van der Waals surface area contributed by atoms with Gasteiger partial charge in [0.2, 0.25) is 0 Å². The predicted molar refractivity (Wildman–Crippen MR) is 122 cm³/mol.